The number of sulfonamides is 1. The van der Waals surface area contributed by atoms with Crippen LogP contribution in [0.2, 0.25) is 0 Å². The molecule has 0 unspecified atom stereocenters. The molecule has 0 bridgehead atoms. The second-order valence-electron chi connectivity index (χ2n) is 5.89. The highest BCUT2D eigenvalue weighted by Crippen LogP contribution is 2.23. The normalized spacial score (nSPS) is 22.0. The van der Waals surface area contributed by atoms with Crippen molar-refractivity contribution in [2.24, 2.45) is 0 Å². The van der Waals surface area contributed by atoms with E-state index in [1.807, 2.05) is 12.1 Å². The maximum Gasteiger partial charge on any atom is 0.240 e. The summed E-state index contributed by atoms with van der Waals surface area (Å²) in [7, 11) is -3.52. The van der Waals surface area contributed by atoms with Gasteiger partial charge in [0.05, 0.1) is 11.0 Å². The van der Waals surface area contributed by atoms with E-state index < -0.39 is 10.0 Å². The summed E-state index contributed by atoms with van der Waals surface area (Å²) in [5, 5.41) is 9.50. The molecular weight excluding hydrogens is 312 g/mol. The molecule has 1 fully saturated rings. The van der Waals surface area contributed by atoms with E-state index in [0.29, 0.717) is 25.7 Å². The average Bonchev–Trinajstić information content (AvgIpc) is 2.58. The second kappa shape index (κ2) is 6.78. The molecule has 1 aromatic heterocycles. The van der Waals surface area contributed by atoms with Crippen LogP contribution >= 0.6 is 0 Å². The van der Waals surface area contributed by atoms with Gasteiger partial charge in [-0.15, -0.1) is 0 Å². The van der Waals surface area contributed by atoms with Gasteiger partial charge in [0.25, 0.3) is 0 Å². The van der Waals surface area contributed by atoms with Gasteiger partial charge in [-0.1, -0.05) is 18.2 Å². The van der Waals surface area contributed by atoms with E-state index in [2.05, 4.69) is 9.71 Å². The van der Waals surface area contributed by atoms with E-state index in [1.165, 1.54) is 0 Å². The third-order valence-corrected chi connectivity index (χ3v) is 5.71. The van der Waals surface area contributed by atoms with Gasteiger partial charge in [0.2, 0.25) is 10.0 Å². The van der Waals surface area contributed by atoms with Crippen LogP contribution in [0.5, 0.6) is 0 Å². The minimum absolute atomic E-state index is 0.0959. The van der Waals surface area contributed by atoms with Crippen LogP contribution in [0.15, 0.2) is 53.7 Å². The van der Waals surface area contributed by atoms with Crippen LogP contribution < -0.4 is 4.72 Å². The lowest BCUT2D eigenvalue weighted by atomic mass is 9.94. The van der Waals surface area contributed by atoms with E-state index in [9.17, 15) is 13.5 Å². The molecule has 3 rings (SSSR count). The summed E-state index contributed by atoms with van der Waals surface area (Å²) >= 11 is 0. The Hall–Kier alpha value is -1.76. The van der Waals surface area contributed by atoms with Crippen molar-refractivity contribution in [3.05, 3.63) is 48.8 Å². The van der Waals surface area contributed by atoms with Crippen molar-refractivity contribution in [3.63, 3.8) is 0 Å². The molecule has 1 heterocycles. The molecule has 6 heteroatoms. The molecule has 2 N–H and O–H groups in total. The van der Waals surface area contributed by atoms with Gasteiger partial charge in [-0.05, 0) is 55.0 Å². The zero-order valence-corrected chi connectivity index (χ0v) is 13.5. The van der Waals surface area contributed by atoms with E-state index >= 15 is 0 Å². The maximum atomic E-state index is 12.4. The average molecular weight is 332 g/mol. The molecule has 1 saturated carbocycles. The number of benzene rings is 1. The summed E-state index contributed by atoms with van der Waals surface area (Å²) in [4.78, 5) is 4.33. The van der Waals surface area contributed by atoms with E-state index in [1.54, 1.807) is 36.7 Å². The standard InChI is InChI=1S/C17H20N2O3S/c20-16-7-5-15(6-8-16)19-23(21,22)17-9-3-13(4-10-17)14-2-1-11-18-12-14/h1-4,9-12,15-16,19-20H,5-8H2. The number of rotatable bonds is 4. The Bertz CT molecular complexity index is 737. The van der Waals surface area contributed by atoms with Crippen LogP contribution in [0.1, 0.15) is 25.7 Å². The van der Waals surface area contributed by atoms with Gasteiger partial charge in [-0.25, -0.2) is 13.1 Å². The van der Waals surface area contributed by atoms with Crippen LogP contribution in [-0.4, -0.2) is 30.7 Å². The first-order valence-electron chi connectivity index (χ1n) is 7.75. The molecule has 0 saturated heterocycles. The van der Waals surface area contributed by atoms with Crippen molar-refractivity contribution in [2.45, 2.75) is 42.7 Å². The molecule has 1 aliphatic carbocycles. The highest BCUT2D eigenvalue weighted by molar-refractivity contribution is 7.89. The molecular formula is C17H20N2O3S. The highest BCUT2D eigenvalue weighted by Gasteiger charge is 2.24. The van der Waals surface area contributed by atoms with Crippen molar-refractivity contribution < 1.29 is 13.5 Å². The Morgan fingerprint density at radius 3 is 2.30 bits per heavy atom. The molecule has 0 aliphatic heterocycles. The Morgan fingerprint density at radius 2 is 1.70 bits per heavy atom. The van der Waals surface area contributed by atoms with Gasteiger partial charge >= 0.3 is 0 Å². The summed E-state index contributed by atoms with van der Waals surface area (Å²) in [6, 6.07) is 10.5. The van der Waals surface area contributed by atoms with E-state index in [-0.39, 0.29) is 17.0 Å². The monoisotopic (exact) mass is 332 g/mol. The number of aliphatic hydroxyl groups is 1. The van der Waals surface area contributed by atoms with Gasteiger partial charge in [-0.2, -0.15) is 0 Å². The van der Waals surface area contributed by atoms with E-state index in [4.69, 9.17) is 0 Å². The first-order valence-corrected chi connectivity index (χ1v) is 9.24. The minimum atomic E-state index is -3.52. The molecule has 122 valence electrons. The smallest absolute Gasteiger partial charge is 0.240 e. The summed E-state index contributed by atoms with van der Waals surface area (Å²) < 4.78 is 27.6. The van der Waals surface area contributed by atoms with Crippen LogP contribution in [0.4, 0.5) is 0 Å². The van der Waals surface area contributed by atoms with Gasteiger partial charge < -0.3 is 5.11 Å². The Balaban J connectivity index is 1.73. The fourth-order valence-corrected chi connectivity index (χ4v) is 4.15. The predicted molar refractivity (Wildman–Crippen MR) is 88.3 cm³/mol. The van der Waals surface area contributed by atoms with E-state index in [0.717, 1.165) is 11.1 Å². The molecule has 1 aliphatic rings. The third-order valence-electron chi connectivity index (χ3n) is 4.18. The first kappa shape index (κ1) is 16.1. The zero-order chi connectivity index (χ0) is 16.3. The highest BCUT2D eigenvalue weighted by atomic mass is 32.2. The lowest BCUT2D eigenvalue weighted by Crippen LogP contribution is -2.38. The lowest BCUT2D eigenvalue weighted by molar-refractivity contribution is 0.120. The van der Waals surface area contributed by atoms with Crippen LogP contribution in [0.25, 0.3) is 11.1 Å². The molecule has 2 aromatic rings. The number of pyridine rings is 1. The van der Waals surface area contributed by atoms with Crippen molar-refractivity contribution in [1.82, 2.24) is 9.71 Å². The Morgan fingerprint density at radius 1 is 1.00 bits per heavy atom. The first-order chi connectivity index (χ1) is 11.0. The van der Waals surface area contributed by atoms with Gasteiger partial charge in [0, 0.05) is 18.4 Å². The topological polar surface area (TPSA) is 79.3 Å². The second-order valence-corrected chi connectivity index (χ2v) is 7.61. The molecule has 5 nitrogen and oxygen atoms in total. The third kappa shape index (κ3) is 3.96. The van der Waals surface area contributed by atoms with Crippen molar-refractivity contribution in [3.8, 4) is 11.1 Å². The molecule has 23 heavy (non-hydrogen) atoms. The number of nitrogens with zero attached hydrogens (tertiary/aromatic N) is 1. The van der Waals surface area contributed by atoms with Crippen LogP contribution in [0, 0.1) is 0 Å². The Kier molecular flexibility index (Phi) is 4.75. The summed E-state index contributed by atoms with van der Waals surface area (Å²) in [5.41, 5.74) is 1.88. The van der Waals surface area contributed by atoms with Gasteiger partial charge in [0.15, 0.2) is 0 Å². The van der Waals surface area contributed by atoms with Crippen LogP contribution in [0.3, 0.4) is 0 Å². The molecule has 0 amide bonds. The number of aliphatic hydroxyl groups excluding tert-OH is 1. The van der Waals surface area contributed by atoms with Gasteiger partial charge in [0.1, 0.15) is 0 Å². The summed E-state index contributed by atoms with van der Waals surface area (Å²) in [6.45, 7) is 0. The number of aromatic nitrogens is 1. The summed E-state index contributed by atoms with van der Waals surface area (Å²) in [5.74, 6) is 0. The number of hydrogen-bond donors (Lipinski definition) is 2. The number of hydrogen-bond acceptors (Lipinski definition) is 4. The molecule has 1 aromatic carbocycles. The predicted octanol–water partition coefficient (Wildman–Crippen LogP) is 2.33. The SMILES string of the molecule is O=S(=O)(NC1CCC(O)CC1)c1ccc(-c2cccnc2)cc1. The molecule has 0 atom stereocenters. The Labute approximate surface area is 136 Å². The van der Waals surface area contributed by atoms with Gasteiger partial charge in [-0.3, -0.25) is 4.98 Å². The number of nitrogens with one attached hydrogen (secondary N) is 1. The fourth-order valence-electron chi connectivity index (χ4n) is 2.84. The fraction of sp³-hybridized carbons (Fsp3) is 0.353. The maximum absolute atomic E-state index is 12.4. The quantitative estimate of drug-likeness (QED) is 0.900. The van der Waals surface area contributed by atoms with Crippen molar-refractivity contribution >= 4 is 10.0 Å². The molecule has 0 spiro atoms. The van der Waals surface area contributed by atoms with Crippen LogP contribution in [-0.2, 0) is 10.0 Å². The van der Waals surface area contributed by atoms with Crippen molar-refractivity contribution in [2.75, 3.05) is 0 Å². The molecule has 0 radical (unpaired) electrons. The van der Waals surface area contributed by atoms with Crippen molar-refractivity contribution in [1.29, 1.82) is 0 Å². The largest absolute Gasteiger partial charge is 0.393 e. The minimum Gasteiger partial charge on any atom is -0.393 e. The zero-order valence-electron chi connectivity index (χ0n) is 12.7. The summed E-state index contributed by atoms with van der Waals surface area (Å²) in [6.07, 6.45) is 5.79. The lowest BCUT2D eigenvalue weighted by Gasteiger charge is -2.26.